The molecule has 0 radical (unpaired) electrons. The number of rotatable bonds is 20. The molecule has 0 unspecified atom stereocenters. The Morgan fingerprint density at radius 1 is 0.429 bits per heavy atom. The van der Waals surface area contributed by atoms with E-state index in [1.165, 1.54) is 89.9 Å². The largest absolute Gasteiger partial charge is 0.550 e. The van der Waals surface area contributed by atoms with Crippen molar-refractivity contribution < 1.29 is 19.8 Å². The smallest absolute Gasteiger partial charge is 0.0414 e. The summed E-state index contributed by atoms with van der Waals surface area (Å²) in [5.41, 5.74) is 0. The van der Waals surface area contributed by atoms with Gasteiger partial charge in [-0.05, 0) is 25.7 Å². The molecule has 0 aromatic heterocycles. The molecule has 0 aromatic carbocycles. The fourth-order valence-electron chi connectivity index (χ4n) is 3.16. The molecule has 168 valence electrons. The lowest BCUT2D eigenvalue weighted by molar-refractivity contribution is -0.307. The Balaban J connectivity index is 0. The number of hydrogen-bond acceptors (Lipinski definition) is 4. The van der Waals surface area contributed by atoms with E-state index in [0.29, 0.717) is 0 Å². The molecule has 0 aliphatic rings. The van der Waals surface area contributed by atoms with Gasteiger partial charge in [0.15, 0.2) is 0 Å². The zero-order chi connectivity index (χ0) is 21.3. The fraction of sp³-hybridized carbons (Fsp3) is 0.917. The Bertz CT molecular complexity index is 297. The molecular formula is C24H46O4-2. The van der Waals surface area contributed by atoms with Crippen LogP contribution in [0.25, 0.3) is 0 Å². The van der Waals surface area contributed by atoms with E-state index >= 15 is 0 Å². The van der Waals surface area contributed by atoms with E-state index < -0.39 is 11.9 Å². The summed E-state index contributed by atoms with van der Waals surface area (Å²) < 4.78 is 0. The normalized spacial score (nSPS) is 10.4. The van der Waals surface area contributed by atoms with Gasteiger partial charge in [-0.3, -0.25) is 0 Å². The summed E-state index contributed by atoms with van der Waals surface area (Å²) >= 11 is 0. The van der Waals surface area contributed by atoms with Crippen LogP contribution in [-0.2, 0) is 9.59 Å². The maximum absolute atomic E-state index is 10.1. The van der Waals surface area contributed by atoms with E-state index in [9.17, 15) is 19.8 Å². The quantitative estimate of drug-likeness (QED) is 0.260. The Morgan fingerprint density at radius 3 is 0.857 bits per heavy atom. The lowest BCUT2D eigenvalue weighted by Gasteiger charge is -2.02. The third kappa shape index (κ3) is 32.6. The van der Waals surface area contributed by atoms with Crippen molar-refractivity contribution in [3.8, 4) is 0 Å². The molecule has 0 aliphatic heterocycles. The number of carboxylic acids is 2. The van der Waals surface area contributed by atoms with Crippen molar-refractivity contribution in [3.05, 3.63) is 0 Å². The highest BCUT2D eigenvalue weighted by atomic mass is 16.4. The summed E-state index contributed by atoms with van der Waals surface area (Å²) in [7, 11) is 0. The molecule has 0 aromatic rings. The van der Waals surface area contributed by atoms with E-state index in [0.717, 1.165) is 25.7 Å². The fourth-order valence-corrected chi connectivity index (χ4v) is 3.16. The van der Waals surface area contributed by atoms with Crippen LogP contribution in [0, 0.1) is 0 Å². The van der Waals surface area contributed by atoms with Crippen LogP contribution < -0.4 is 10.2 Å². The second kappa shape index (κ2) is 25.9. The zero-order valence-corrected chi connectivity index (χ0v) is 18.8. The van der Waals surface area contributed by atoms with Crippen LogP contribution >= 0.6 is 0 Å². The topological polar surface area (TPSA) is 80.3 Å². The van der Waals surface area contributed by atoms with Crippen molar-refractivity contribution in [1.82, 2.24) is 0 Å². The molecule has 0 rings (SSSR count). The molecular weight excluding hydrogens is 352 g/mol. The number of carbonyl (C=O) groups excluding carboxylic acids is 2. The molecule has 0 heterocycles. The lowest BCUT2D eigenvalue weighted by atomic mass is 10.1. The molecule has 0 aliphatic carbocycles. The first kappa shape index (κ1) is 29.1. The van der Waals surface area contributed by atoms with Crippen LogP contribution in [0.4, 0.5) is 0 Å². The van der Waals surface area contributed by atoms with Crippen molar-refractivity contribution in [1.29, 1.82) is 0 Å². The number of unbranched alkanes of at least 4 members (excludes halogenated alkanes) is 16. The summed E-state index contributed by atoms with van der Waals surface area (Å²) in [6, 6.07) is 0. The van der Waals surface area contributed by atoms with E-state index in [-0.39, 0.29) is 12.8 Å². The molecule has 0 fully saturated rings. The van der Waals surface area contributed by atoms with Gasteiger partial charge in [0.2, 0.25) is 0 Å². The maximum atomic E-state index is 10.1. The van der Waals surface area contributed by atoms with Crippen LogP contribution in [0.15, 0.2) is 0 Å². The minimum absolute atomic E-state index is 0.232. The number of carboxylic acid groups (broad SMARTS) is 2. The van der Waals surface area contributed by atoms with Gasteiger partial charge >= 0.3 is 0 Å². The first-order valence-corrected chi connectivity index (χ1v) is 11.9. The highest BCUT2D eigenvalue weighted by Gasteiger charge is 1.93. The lowest BCUT2D eigenvalue weighted by Crippen LogP contribution is -2.21. The average molecular weight is 399 g/mol. The number of aliphatic carboxylic acids is 2. The average Bonchev–Trinajstić information content (AvgIpc) is 2.65. The summed E-state index contributed by atoms with van der Waals surface area (Å²) in [5.74, 6) is -1.82. The van der Waals surface area contributed by atoms with Crippen LogP contribution in [0.1, 0.15) is 142 Å². The first-order valence-electron chi connectivity index (χ1n) is 11.9. The number of carbonyl (C=O) groups is 2. The van der Waals surface area contributed by atoms with E-state index in [1.54, 1.807) is 0 Å². The second-order valence-corrected chi connectivity index (χ2v) is 7.90. The van der Waals surface area contributed by atoms with Crippen LogP contribution in [0.5, 0.6) is 0 Å². The Hall–Kier alpha value is -1.06. The Labute approximate surface area is 174 Å². The molecule has 4 nitrogen and oxygen atoms in total. The van der Waals surface area contributed by atoms with E-state index in [4.69, 9.17) is 0 Å². The molecule has 0 N–H and O–H groups in total. The summed E-state index contributed by atoms with van der Waals surface area (Å²) in [4.78, 5) is 20.2. The molecule has 4 heteroatoms. The molecule has 0 saturated heterocycles. The Morgan fingerprint density at radius 2 is 0.643 bits per heavy atom. The van der Waals surface area contributed by atoms with Crippen molar-refractivity contribution in [3.63, 3.8) is 0 Å². The van der Waals surface area contributed by atoms with Gasteiger partial charge in [0.05, 0.1) is 0 Å². The van der Waals surface area contributed by atoms with Gasteiger partial charge in [0.1, 0.15) is 0 Å². The van der Waals surface area contributed by atoms with Gasteiger partial charge < -0.3 is 19.8 Å². The van der Waals surface area contributed by atoms with Crippen LogP contribution in [0.3, 0.4) is 0 Å². The molecule has 0 atom stereocenters. The van der Waals surface area contributed by atoms with E-state index in [1.807, 2.05) is 0 Å². The third-order valence-corrected chi connectivity index (χ3v) is 4.97. The minimum Gasteiger partial charge on any atom is -0.550 e. The predicted octanol–water partition coefficient (Wildman–Crippen LogP) is 5.31. The van der Waals surface area contributed by atoms with Gasteiger partial charge in [-0.25, -0.2) is 0 Å². The van der Waals surface area contributed by atoms with Gasteiger partial charge in [-0.15, -0.1) is 0 Å². The van der Waals surface area contributed by atoms with Gasteiger partial charge in [0.25, 0.3) is 0 Å². The van der Waals surface area contributed by atoms with Crippen LogP contribution in [-0.4, -0.2) is 11.9 Å². The monoisotopic (exact) mass is 398 g/mol. The second-order valence-electron chi connectivity index (χ2n) is 7.90. The standard InChI is InChI=1S/2C12H24O2/c2*1-2-3-4-5-6-7-8-9-10-11-12(13)14/h2*2-11H2,1H3,(H,13,14)/p-2. The summed E-state index contributed by atoms with van der Waals surface area (Å²) in [6.07, 6.45) is 22.3. The van der Waals surface area contributed by atoms with Crippen molar-refractivity contribution in [2.75, 3.05) is 0 Å². The van der Waals surface area contributed by atoms with E-state index in [2.05, 4.69) is 13.8 Å². The predicted molar refractivity (Wildman–Crippen MR) is 114 cm³/mol. The summed E-state index contributed by atoms with van der Waals surface area (Å²) in [5, 5.41) is 20.2. The van der Waals surface area contributed by atoms with Crippen molar-refractivity contribution in [2.45, 2.75) is 142 Å². The Kier molecular flexibility index (Phi) is 27.0. The first-order chi connectivity index (χ1) is 13.5. The van der Waals surface area contributed by atoms with Crippen LogP contribution in [0.2, 0.25) is 0 Å². The molecule has 0 amide bonds. The molecule has 28 heavy (non-hydrogen) atoms. The molecule has 0 saturated carbocycles. The highest BCUT2D eigenvalue weighted by Crippen LogP contribution is 2.11. The van der Waals surface area contributed by atoms with Crippen molar-refractivity contribution in [2.24, 2.45) is 0 Å². The molecule has 0 bridgehead atoms. The SMILES string of the molecule is CCCCCCCCCCCC(=O)[O-].CCCCCCCCCCCC(=O)[O-]. The summed E-state index contributed by atoms with van der Waals surface area (Å²) in [6.45, 7) is 4.44. The van der Waals surface area contributed by atoms with Gasteiger partial charge in [-0.1, -0.05) is 117 Å². The minimum atomic E-state index is -0.909. The zero-order valence-electron chi connectivity index (χ0n) is 18.8. The van der Waals surface area contributed by atoms with Crippen molar-refractivity contribution >= 4 is 11.9 Å². The van der Waals surface area contributed by atoms with Gasteiger partial charge in [0, 0.05) is 11.9 Å². The molecule has 0 spiro atoms. The number of hydrogen-bond donors (Lipinski definition) is 0. The highest BCUT2D eigenvalue weighted by molar-refractivity contribution is 5.64. The third-order valence-electron chi connectivity index (χ3n) is 4.97. The maximum Gasteiger partial charge on any atom is 0.0414 e. The van der Waals surface area contributed by atoms with Gasteiger partial charge in [-0.2, -0.15) is 0 Å².